The van der Waals surface area contributed by atoms with Crippen LogP contribution in [0.2, 0.25) is 0 Å². The molecular formula is C18H22N2O4. The third-order valence-corrected chi connectivity index (χ3v) is 4.58. The molecule has 1 aliphatic carbocycles. The van der Waals surface area contributed by atoms with Gasteiger partial charge in [-0.05, 0) is 49.9 Å². The Morgan fingerprint density at radius 1 is 1.21 bits per heavy atom. The van der Waals surface area contributed by atoms with Gasteiger partial charge in [0, 0.05) is 24.0 Å². The Kier molecular flexibility index (Phi) is 5.15. The first kappa shape index (κ1) is 16.5. The summed E-state index contributed by atoms with van der Waals surface area (Å²) in [6.07, 6.45) is 6.90. The lowest BCUT2D eigenvalue weighted by atomic mass is 9.86. The Balaban J connectivity index is 1.72. The van der Waals surface area contributed by atoms with Gasteiger partial charge in [-0.15, -0.1) is 0 Å². The van der Waals surface area contributed by atoms with Gasteiger partial charge in [-0.3, -0.25) is 4.79 Å². The average molecular weight is 330 g/mol. The summed E-state index contributed by atoms with van der Waals surface area (Å²) in [5.74, 6) is 0.712. The van der Waals surface area contributed by atoms with Gasteiger partial charge in [-0.1, -0.05) is 0 Å². The van der Waals surface area contributed by atoms with E-state index in [1.165, 1.54) is 0 Å². The van der Waals surface area contributed by atoms with Gasteiger partial charge in [0.05, 0.1) is 12.5 Å². The Labute approximate surface area is 140 Å². The van der Waals surface area contributed by atoms with Gasteiger partial charge >= 0.3 is 5.97 Å². The maximum atomic E-state index is 11.1. The van der Waals surface area contributed by atoms with E-state index in [4.69, 9.17) is 14.9 Å². The molecule has 1 aromatic carbocycles. The normalized spacial score (nSPS) is 20.7. The molecule has 0 atom stereocenters. The van der Waals surface area contributed by atoms with Crippen molar-refractivity contribution in [1.29, 1.82) is 0 Å². The molecule has 0 bridgehead atoms. The number of aliphatic carboxylic acids is 1. The van der Waals surface area contributed by atoms with Crippen LogP contribution in [0.1, 0.15) is 31.7 Å². The van der Waals surface area contributed by atoms with Gasteiger partial charge in [0.1, 0.15) is 18.2 Å². The molecule has 0 aliphatic heterocycles. The second-order valence-electron chi connectivity index (χ2n) is 6.10. The SMILES string of the molecule is O=C(O)C1CCC(n2ccnc2-c2ccc(OCCO)cc2)CC1. The lowest BCUT2D eigenvalue weighted by Gasteiger charge is -2.28. The Hall–Kier alpha value is -2.34. The van der Waals surface area contributed by atoms with Gasteiger partial charge < -0.3 is 19.5 Å². The molecule has 2 N–H and O–H groups in total. The van der Waals surface area contributed by atoms with Crippen molar-refractivity contribution in [3.63, 3.8) is 0 Å². The highest BCUT2D eigenvalue weighted by atomic mass is 16.5. The zero-order valence-corrected chi connectivity index (χ0v) is 13.5. The third-order valence-electron chi connectivity index (χ3n) is 4.58. The van der Waals surface area contributed by atoms with Crippen LogP contribution in [0.3, 0.4) is 0 Å². The molecule has 0 radical (unpaired) electrons. The predicted octanol–water partition coefficient (Wildman–Crippen LogP) is 2.74. The van der Waals surface area contributed by atoms with Crippen molar-refractivity contribution < 1.29 is 19.7 Å². The number of carboxylic acid groups (broad SMARTS) is 1. The summed E-state index contributed by atoms with van der Waals surface area (Å²) in [5.41, 5.74) is 0.997. The zero-order valence-electron chi connectivity index (χ0n) is 13.5. The van der Waals surface area contributed by atoms with E-state index >= 15 is 0 Å². The van der Waals surface area contributed by atoms with Crippen LogP contribution in [0.25, 0.3) is 11.4 Å². The first-order valence-corrected chi connectivity index (χ1v) is 8.28. The molecule has 0 spiro atoms. The van der Waals surface area contributed by atoms with Gasteiger partial charge in [0.25, 0.3) is 0 Å². The van der Waals surface area contributed by atoms with Crippen LogP contribution in [0.15, 0.2) is 36.7 Å². The van der Waals surface area contributed by atoms with Crippen LogP contribution in [0.4, 0.5) is 0 Å². The molecule has 1 fully saturated rings. The van der Waals surface area contributed by atoms with E-state index in [-0.39, 0.29) is 19.1 Å². The van der Waals surface area contributed by atoms with Crippen LogP contribution in [-0.2, 0) is 4.79 Å². The largest absolute Gasteiger partial charge is 0.491 e. The molecule has 2 aromatic rings. The van der Waals surface area contributed by atoms with E-state index in [0.29, 0.717) is 24.6 Å². The third kappa shape index (κ3) is 3.59. The summed E-state index contributed by atoms with van der Waals surface area (Å²) in [4.78, 5) is 15.6. The van der Waals surface area contributed by atoms with Crippen molar-refractivity contribution in [3.05, 3.63) is 36.7 Å². The minimum absolute atomic E-state index is 0.00876. The standard InChI is InChI=1S/C18H22N2O4/c21-11-12-24-16-7-3-13(4-8-16)17-19-9-10-20(17)15-5-1-14(2-6-15)18(22)23/h3-4,7-10,14-15,21H,1-2,5-6,11-12H2,(H,22,23). The van der Waals surface area contributed by atoms with Crippen LogP contribution < -0.4 is 4.74 Å². The molecule has 0 saturated heterocycles. The number of aliphatic hydroxyl groups is 1. The van der Waals surface area contributed by atoms with E-state index in [2.05, 4.69) is 9.55 Å². The average Bonchev–Trinajstić information content (AvgIpc) is 3.10. The maximum Gasteiger partial charge on any atom is 0.306 e. The predicted molar refractivity (Wildman–Crippen MR) is 88.9 cm³/mol. The molecule has 1 aliphatic rings. The number of ether oxygens (including phenoxy) is 1. The molecular weight excluding hydrogens is 308 g/mol. The van der Waals surface area contributed by atoms with Gasteiger partial charge in [-0.25, -0.2) is 4.98 Å². The maximum absolute atomic E-state index is 11.1. The monoisotopic (exact) mass is 330 g/mol. The number of aromatic nitrogens is 2. The Morgan fingerprint density at radius 2 is 1.92 bits per heavy atom. The van der Waals surface area contributed by atoms with Crippen molar-refractivity contribution in [2.75, 3.05) is 13.2 Å². The summed E-state index contributed by atoms with van der Waals surface area (Å²) >= 11 is 0. The summed E-state index contributed by atoms with van der Waals surface area (Å²) in [6, 6.07) is 7.93. The highest BCUT2D eigenvalue weighted by molar-refractivity contribution is 5.70. The molecule has 1 saturated carbocycles. The quantitative estimate of drug-likeness (QED) is 0.851. The fourth-order valence-electron chi connectivity index (χ4n) is 3.30. The Bertz CT molecular complexity index is 673. The summed E-state index contributed by atoms with van der Waals surface area (Å²) in [6.45, 7) is 0.270. The van der Waals surface area contributed by atoms with Crippen LogP contribution >= 0.6 is 0 Å². The van der Waals surface area contributed by atoms with Crippen molar-refractivity contribution in [2.24, 2.45) is 5.92 Å². The molecule has 1 heterocycles. The molecule has 6 heteroatoms. The van der Waals surface area contributed by atoms with Crippen LogP contribution in [0.5, 0.6) is 5.75 Å². The zero-order chi connectivity index (χ0) is 16.9. The number of nitrogens with zero attached hydrogens (tertiary/aromatic N) is 2. The Morgan fingerprint density at radius 3 is 2.54 bits per heavy atom. The van der Waals surface area contributed by atoms with E-state index in [1.807, 2.05) is 30.5 Å². The number of rotatable bonds is 6. The highest BCUT2D eigenvalue weighted by Crippen LogP contribution is 2.35. The molecule has 6 nitrogen and oxygen atoms in total. The number of carboxylic acids is 1. The number of hydrogen-bond acceptors (Lipinski definition) is 4. The first-order valence-electron chi connectivity index (χ1n) is 8.28. The van der Waals surface area contributed by atoms with Crippen molar-refractivity contribution in [1.82, 2.24) is 9.55 Å². The fourth-order valence-corrected chi connectivity index (χ4v) is 3.30. The van der Waals surface area contributed by atoms with E-state index in [0.717, 1.165) is 24.2 Å². The van der Waals surface area contributed by atoms with Gasteiger partial charge in [0.15, 0.2) is 0 Å². The number of benzene rings is 1. The number of aliphatic hydroxyl groups excluding tert-OH is 1. The van der Waals surface area contributed by atoms with E-state index < -0.39 is 5.97 Å². The van der Waals surface area contributed by atoms with Crippen LogP contribution in [-0.4, -0.2) is 38.9 Å². The topological polar surface area (TPSA) is 84.6 Å². The van der Waals surface area contributed by atoms with Crippen molar-refractivity contribution in [3.8, 4) is 17.1 Å². The molecule has 0 amide bonds. The second kappa shape index (κ2) is 7.49. The van der Waals surface area contributed by atoms with E-state index in [9.17, 15) is 4.79 Å². The fraction of sp³-hybridized carbons (Fsp3) is 0.444. The lowest BCUT2D eigenvalue weighted by Crippen LogP contribution is -2.23. The van der Waals surface area contributed by atoms with Crippen molar-refractivity contribution >= 4 is 5.97 Å². The van der Waals surface area contributed by atoms with Gasteiger partial charge in [-0.2, -0.15) is 0 Å². The highest BCUT2D eigenvalue weighted by Gasteiger charge is 2.27. The second-order valence-corrected chi connectivity index (χ2v) is 6.10. The molecule has 24 heavy (non-hydrogen) atoms. The van der Waals surface area contributed by atoms with Crippen LogP contribution in [0, 0.1) is 5.92 Å². The molecule has 1 aromatic heterocycles. The minimum Gasteiger partial charge on any atom is -0.491 e. The minimum atomic E-state index is -0.683. The number of hydrogen-bond donors (Lipinski definition) is 2. The molecule has 128 valence electrons. The smallest absolute Gasteiger partial charge is 0.306 e. The number of imidazole rings is 1. The number of carbonyl (C=O) groups is 1. The summed E-state index contributed by atoms with van der Waals surface area (Å²) in [7, 11) is 0. The lowest BCUT2D eigenvalue weighted by molar-refractivity contribution is -0.143. The van der Waals surface area contributed by atoms with Gasteiger partial charge in [0.2, 0.25) is 0 Å². The summed E-state index contributed by atoms with van der Waals surface area (Å²) < 4.78 is 7.53. The first-order chi connectivity index (χ1) is 11.7. The molecule has 3 rings (SSSR count). The summed E-state index contributed by atoms with van der Waals surface area (Å²) in [5, 5.41) is 17.9. The molecule has 0 unspecified atom stereocenters. The van der Waals surface area contributed by atoms with Crippen molar-refractivity contribution in [2.45, 2.75) is 31.7 Å². The van der Waals surface area contributed by atoms with E-state index in [1.54, 1.807) is 6.20 Å².